The number of alkyl halides is 3. The van der Waals surface area contributed by atoms with Crippen LogP contribution in [0.3, 0.4) is 0 Å². The van der Waals surface area contributed by atoms with Gasteiger partial charge in [-0.1, -0.05) is 54.1 Å². The van der Waals surface area contributed by atoms with E-state index >= 15 is 0 Å². The first kappa shape index (κ1) is 18.8. The number of hydrogen-bond acceptors (Lipinski definition) is 2. The van der Waals surface area contributed by atoms with Crippen LogP contribution in [-0.2, 0) is 9.59 Å². The second-order valence-corrected chi connectivity index (χ2v) is 7.44. The van der Waals surface area contributed by atoms with Crippen molar-refractivity contribution in [1.82, 2.24) is 0 Å². The first-order valence-electron chi connectivity index (χ1n) is 5.67. The van der Waals surface area contributed by atoms with Gasteiger partial charge in [0.1, 0.15) is 0 Å². The summed E-state index contributed by atoms with van der Waals surface area (Å²) in [5.41, 5.74) is 0. The van der Waals surface area contributed by atoms with E-state index in [-0.39, 0.29) is 11.7 Å². The van der Waals surface area contributed by atoms with Gasteiger partial charge < -0.3 is 0 Å². The predicted molar refractivity (Wildman–Crippen MR) is 77.8 cm³/mol. The fourth-order valence-electron chi connectivity index (χ4n) is 1.58. The standard InChI is InChI=1S/C11H15Cl5O2/c12-9(17)6-4-2-1-3-5-8(10(13)18)7-11(14,15)16/h8H,1-7H2. The van der Waals surface area contributed by atoms with Gasteiger partial charge in [0.2, 0.25) is 10.5 Å². The molecule has 1 unspecified atom stereocenters. The van der Waals surface area contributed by atoms with Crippen molar-refractivity contribution in [2.24, 2.45) is 5.92 Å². The molecule has 0 aliphatic carbocycles. The lowest BCUT2D eigenvalue weighted by Crippen LogP contribution is -2.17. The molecule has 106 valence electrons. The van der Waals surface area contributed by atoms with Crippen LogP contribution >= 0.6 is 58.0 Å². The molecule has 18 heavy (non-hydrogen) atoms. The molecule has 0 aliphatic heterocycles. The SMILES string of the molecule is O=C(Cl)CCCCCCC(CC(Cl)(Cl)Cl)C(=O)Cl. The zero-order chi connectivity index (χ0) is 14.2. The van der Waals surface area contributed by atoms with Crippen LogP contribution in [0.4, 0.5) is 0 Å². The molecule has 0 saturated heterocycles. The maximum Gasteiger partial charge on any atom is 0.224 e. The van der Waals surface area contributed by atoms with Crippen LogP contribution in [-0.4, -0.2) is 14.3 Å². The zero-order valence-corrected chi connectivity index (χ0v) is 13.5. The van der Waals surface area contributed by atoms with E-state index in [1.165, 1.54) is 0 Å². The number of hydrogen-bond donors (Lipinski definition) is 0. The van der Waals surface area contributed by atoms with Crippen LogP contribution in [0, 0.1) is 5.92 Å². The van der Waals surface area contributed by atoms with Crippen molar-refractivity contribution in [3.63, 3.8) is 0 Å². The average Bonchev–Trinajstić information content (AvgIpc) is 2.18. The van der Waals surface area contributed by atoms with Gasteiger partial charge in [-0.25, -0.2) is 0 Å². The maximum atomic E-state index is 11.2. The summed E-state index contributed by atoms with van der Waals surface area (Å²) in [6.45, 7) is 0. The summed E-state index contributed by atoms with van der Waals surface area (Å²) in [4.78, 5) is 21.6. The lowest BCUT2D eigenvalue weighted by Gasteiger charge is -2.17. The molecular weight excluding hydrogens is 341 g/mol. The van der Waals surface area contributed by atoms with Gasteiger partial charge >= 0.3 is 0 Å². The second-order valence-electron chi connectivity index (χ2n) is 4.13. The number of carbonyl (C=O) groups excluding carboxylic acids is 2. The van der Waals surface area contributed by atoms with Crippen LogP contribution in [0.2, 0.25) is 0 Å². The van der Waals surface area contributed by atoms with Crippen molar-refractivity contribution >= 4 is 68.5 Å². The first-order valence-corrected chi connectivity index (χ1v) is 7.56. The maximum absolute atomic E-state index is 11.2. The van der Waals surface area contributed by atoms with Crippen LogP contribution in [0.15, 0.2) is 0 Å². The Balaban J connectivity index is 3.78. The Morgan fingerprint density at radius 1 is 0.944 bits per heavy atom. The lowest BCUT2D eigenvalue weighted by atomic mass is 9.99. The van der Waals surface area contributed by atoms with E-state index in [2.05, 4.69) is 0 Å². The van der Waals surface area contributed by atoms with Crippen molar-refractivity contribution in [1.29, 1.82) is 0 Å². The molecule has 1 atom stereocenters. The molecule has 0 radical (unpaired) electrons. The van der Waals surface area contributed by atoms with E-state index in [1.54, 1.807) is 0 Å². The summed E-state index contributed by atoms with van der Waals surface area (Å²) in [5, 5.41) is -0.794. The van der Waals surface area contributed by atoms with Crippen LogP contribution in [0.25, 0.3) is 0 Å². The Kier molecular flexibility index (Phi) is 10.1. The summed E-state index contributed by atoms with van der Waals surface area (Å²) in [7, 11) is 0. The largest absolute Gasteiger partial charge is 0.281 e. The Hall–Kier alpha value is 0.790. The first-order chi connectivity index (χ1) is 8.22. The highest BCUT2D eigenvalue weighted by Gasteiger charge is 2.28. The smallest absolute Gasteiger partial charge is 0.224 e. The molecule has 0 rings (SSSR count). The molecule has 2 nitrogen and oxygen atoms in total. The molecule has 0 fully saturated rings. The molecular formula is C11H15Cl5O2. The van der Waals surface area contributed by atoms with E-state index in [0.29, 0.717) is 12.8 Å². The predicted octanol–water partition coefficient (Wildman–Crippen LogP) is 5.23. The third kappa shape index (κ3) is 11.9. The Labute approximate surface area is 132 Å². The van der Waals surface area contributed by atoms with Crippen LogP contribution < -0.4 is 0 Å². The highest BCUT2D eigenvalue weighted by molar-refractivity contribution is 6.68. The second kappa shape index (κ2) is 9.66. The summed E-state index contributed by atoms with van der Waals surface area (Å²) in [5.74, 6) is -0.436. The molecule has 0 saturated carbocycles. The van der Waals surface area contributed by atoms with Gasteiger partial charge in [-0.3, -0.25) is 9.59 Å². The van der Waals surface area contributed by atoms with Gasteiger partial charge in [0.25, 0.3) is 0 Å². The van der Waals surface area contributed by atoms with E-state index < -0.39 is 15.0 Å². The van der Waals surface area contributed by atoms with Crippen molar-refractivity contribution in [3.05, 3.63) is 0 Å². The van der Waals surface area contributed by atoms with Gasteiger partial charge in [0, 0.05) is 18.8 Å². The average molecular weight is 357 g/mol. The highest BCUT2D eigenvalue weighted by atomic mass is 35.6. The summed E-state index contributed by atoms with van der Waals surface area (Å²) in [6.07, 6.45) is 4.44. The van der Waals surface area contributed by atoms with Gasteiger partial charge in [-0.15, -0.1) is 0 Å². The molecule has 0 aromatic rings. The normalized spacial score (nSPS) is 13.4. The highest BCUT2D eigenvalue weighted by Crippen LogP contribution is 2.36. The van der Waals surface area contributed by atoms with Gasteiger partial charge in [0.05, 0.1) is 0 Å². The quantitative estimate of drug-likeness (QED) is 0.322. The van der Waals surface area contributed by atoms with E-state index in [1.807, 2.05) is 0 Å². The van der Waals surface area contributed by atoms with Crippen molar-refractivity contribution < 1.29 is 9.59 Å². The lowest BCUT2D eigenvalue weighted by molar-refractivity contribution is -0.115. The summed E-state index contributed by atoms with van der Waals surface area (Å²) in [6, 6.07) is 0. The Bertz CT molecular complexity index is 275. The van der Waals surface area contributed by atoms with E-state index in [4.69, 9.17) is 58.0 Å². The molecule has 0 aliphatic rings. The number of halogens is 5. The Morgan fingerprint density at radius 2 is 1.50 bits per heavy atom. The minimum Gasteiger partial charge on any atom is -0.281 e. The molecule has 7 heteroatoms. The van der Waals surface area contributed by atoms with Gasteiger partial charge in [-0.2, -0.15) is 0 Å². The summed E-state index contributed by atoms with van der Waals surface area (Å²) >= 11 is 27.6. The summed E-state index contributed by atoms with van der Waals surface area (Å²) < 4.78 is -1.46. The molecule has 0 heterocycles. The molecule has 0 aromatic carbocycles. The Morgan fingerprint density at radius 3 is 1.94 bits per heavy atom. The molecule has 0 aromatic heterocycles. The minimum atomic E-state index is -1.46. The van der Waals surface area contributed by atoms with E-state index in [0.717, 1.165) is 25.7 Å². The van der Waals surface area contributed by atoms with Gasteiger partial charge in [0.15, 0.2) is 3.79 Å². The van der Waals surface area contributed by atoms with Crippen LogP contribution in [0.1, 0.15) is 44.9 Å². The van der Waals surface area contributed by atoms with Crippen LogP contribution in [0.5, 0.6) is 0 Å². The van der Waals surface area contributed by atoms with E-state index in [9.17, 15) is 9.59 Å². The van der Waals surface area contributed by atoms with Gasteiger partial charge in [-0.05, 0) is 36.0 Å². The monoisotopic (exact) mass is 354 g/mol. The molecule has 0 bridgehead atoms. The minimum absolute atomic E-state index is 0.125. The van der Waals surface area contributed by atoms with Crippen molar-refractivity contribution in [3.8, 4) is 0 Å². The fourth-order valence-corrected chi connectivity index (χ4v) is 2.46. The molecule has 0 N–H and O–H groups in total. The zero-order valence-electron chi connectivity index (χ0n) is 9.73. The third-order valence-electron chi connectivity index (χ3n) is 2.47. The molecule has 0 amide bonds. The fraction of sp³-hybridized carbons (Fsp3) is 0.818. The topological polar surface area (TPSA) is 34.1 Å². The van der Waals surface area contributed by atoms with Crippen molar-refractivity contribution in [2.75, 3.05) is 0 Å². The number of unbranched alkanes of at least 4 members (excludes halogenated alkanes) is 3. The molecule has 0 spiro atoms. The number of rotatable bonds is 9. The third-order valence-corrected chi connectivity index (χ3v) is 3.44. The van der Waals surface area contributed by atoms with Crippen molar-refractivity contribution in [2.45, 2.75) is 48.7 Å². The number of carbonyl (C=O) groups is 2.